The Labute approximate surface area is 99.8 Å². The van der Waals surface area contributed by atoms with Gasteiger partial charge in [-0.2, -0.15) is 0 Å². The van der Waals surface area contributed by atoms with E-state index < -0.39 is 18.2 Å². The molecule has 0 fully saturated rings. The molecule has 1 aromatic rings. The molecule has 2 N–H and O–H groups in total. The summed E-state index contributed by atoms with van der Waals surface area (Å²) < 4.78 is 0. The molecule has 4 nitrogen and oxygen atoms in total. The summed E-state index contributed by atoms with van der Waals surface area (Å²) in [6.07, 6.45) is 2.44. The molecule has 0 saturated heterocycles. The third-order valence-electron chi connectivity index (χ3n) is 2.91. The standard InChI is InChI=1S/C13H15NO3/c15-12-8-4-7-11(12)14(13(16)17)9-10-5-2-1-3-6-10/h1-7,11-12,15H,8-9H2,(H,16,17)/t11-,12-/m1/s1. The fourth-order valence-corrected chi connectivity index (χ4v) is 2.02. The molecule has 2 rings (SSSR count). The Balaban J connectivity index is 2.13. The van der Waals surface area contributed by atoms with Crippen molar-refractivity contribution in [3.05, 3.63) is 48.0 Å². The molecule has 4 heteroatoms. The third-order valence-corrected chi connectivity index (χ3v) is 2.91. The van der Waals surface area contributed by atoms with Crippen molar-refractivity contribution in [3.63, 3.8) is 0 Å². The number of hydrogen-bond donors (Lipinski definition) is 2. The van der Waals surface area contributed by atoms with Crippen molar-refractivity contribution < 1.29 is 15.0 Å². The summed E-state index contributed by atoms with van der Waals surface area (Å²) in [5.74, 6) is 0. The number of carboxylic acid groups (broad SMARTS) is 1. The lowest BCUT2D eigenvalue weighted by Gasteiger charge is -2.27. The third kappa shape index (κ3) is 2.65. The molecule has 90 valence electrons. The predicted molar refractivity (Wildman–Crippen MR) is 63.6 cm³/mol. The molecule has 0 saturated carbocycles. The van der Waals surface area contributed by atoms with Crippen LogP contribution in [-0.2, 0) is 6.54 Å². The van der Waals surface area contributed by atoms with Gasteiger partial charge in [0.25, 0.3) is 0 Å². The van der Waals surface area contributed by atoms with Gasteiger partial charge in [-0.15, -0.1) is 0 Å². The first-order valence-electron chi connectivity index (χ1n) is 5.56. The average Bonchev–Trinajstić information content (AvgIpc) is 2.73. The molecular weight excluding hydrogens is 218 g/mol. The maximum atomic E-state index is 11.2. The van der Waals surface area contributed by atoms with Gasteiger partial charge in [0.2, 0.25) is 0 Å². The highest BCUT2D eigenvalue weighted by Gasteiger charge is 2.29. The van der Waals surface area contributed by atoms with E-state index in [-0.39, 0.29) is 0 Å². The highest BCUT2D eigenvalue weighted by atomic mass is 16.4. The van der Waals surface area contributed by atoms with E-state index in [2.05, 4.69) is 0 Å². The molecule has 1 amide bonds. The van der Waals surface area contributed by atoms with E-state index >= 15 is 0 Å². The van der Waals surface area contributed by atoms with Gasteiger partial charge in [0, 0.05) is 6.54 Å². The van der Waals surface area contributed by atoms with Gasteiger partial charge < -0.3 is 10.2 Å². The second kappa shape index (κ2) is 5.01. The maximum absolute atomic E-state index is 11.2. The summed E-state index contributed by atoms with van der Waals surface area (Å²) in [5, 5.41) is 18.9. The van der Waals surface area contributed by atoms with Crippen molar-refractivity contribution in [2.75, 3.05) is 0 Å². The minimum atomic E-state index is -1.01. The zero-order valence-corrected chi connectivity index (χ0v) is 9.36. The van der Waals surface area contributed by atoms with Crippen LogP contribution in [0.4, 0.5) is 4.79 Å². The summed E-state index contributed by atoms with van der Waals surface area (Å²) in [7, 11) is 0. The number of aliphatic hydroxyl groups excluding tert-OH is 1. The maximum Gasteiger partial charge on any atom is 0.408 e. The molecule has 0 heterocycles. The van der Waals surface area contributed by atoms with Crippen LogP contribution in [0.5, 0.6) is 0 Å². The molecule has 0 bridgehead atoms. The number of amides is 1. The second-order valence-corrected chi connectivity index (χ2v) is 4.12. The highest BCUT2D eigenvalue weighted by Crippen LogP contribution is 2.19. The lowest BCUT2D eigenvalue weighted by atomic mass is 10.1. The first-order chi connectivity index (χ1) is 8.18. The summed E-state index contributed by atoms with van der Waals surface area (Å²) in [5.41, 5.74) is 0.919. The largest absolute Gasteiger partial charge is 0.465 e. The van der Waals surface area contributed by atoms with E-state index in [1.165, 1.54) is 4.90 Å². The fourth-order valence-electron chi connectivity index (χ4n) is 2.02. The van der Waals surface area contributed by atoms with Crippen LogP contribution in [0.15, 0.2) is 42.5 Å². The first-order valence-corrected chi connectivity index (χ1v) is 5.56. The Morgan fingerprint density at radius 2 is 2.06 bits per heavy atom. The van der Waals surface area contributed by atoms with Gasteiger partial charge in [0.15, 0.2) is 0 Å². The summed E-state index contributed by atoms with van der Waals surface area (Å²) in [6.45, 7) is 0.294. The van der Waals surface area contributed by atoms with Gasteiger partial charge in [-0.25, -0.2) is 4.79 Å². The monoisotopic (exact) mass is 233 g/mol. The minimum Gasteiger partial charge on any atom is -0.465 e. The van der Waals surface area contributed by atoms with E-state index in [0.717, 1.165) is 5.56 Å². The zero-order chi connectivity index (χ0) is 12.3. The zero-order valence-electron chi connectivity index (χ0n) is 9.36. The Hall–Kier alpha value is -1.81. The predicted octanol–water partition coefficient (Wildman–Crippen LogP) is 1.86. The number of nitrogens with zero attached hydrogens (tertiary/aromatic N) is 1. The molecular formula is C13H15NO3. The second-order valence-electron chi connectivity index (χ2n) is 4.12. The number of hydrogen-bond acceptors (Lipinski definition) is 2. The lowest BCUT2D eigenvalue weighted by molar-refractivity contribution is 0.0724. The molecule has 0 spiro atoms. The van der Waals surface area contributed by atoms with Crippen molar-refractivity contribution in [1.82, 2.24) is 4.90 Å². The van der Waals surface area contributed by atoms with Gasteiger partial charge >= 0.3 is 6.09 Å². The Morgan fingerprint density at radius 3 is 2.59 bits per heavy atom. The molecule has 0 aliphatic heterocycles. The molecule has 0 radical (unpaired) electrons. The summed E-state index contributed by atoms with van der Waals surface area (Å²) in [4.78, 5) is 12.5. The molecule has 1 aliphatic rings. The van der Waals surface area contributed by atoms with Crippen LogP contribution in [0.25, 0.3) is 0 Å². The van der Waals surface area contributed by atoms with Crippen LogP contribution in [-0.4, -0.2) is 33.4 Å². The molecule has 0 unspecified atom stereocenters. The molecule has 1 aromatic carbocycles. The van der Waals surface area contributed by atoms with Crippen molar-refractivity contribution in [2.45, 2.75) is 25.1 Å². The quantitative estimate of drug-likeness (QED) is 0.783. The average molecular weight is 233 g/mol. The van der Waals surface area contributed by atoms with Gasteiger partial charge in [-0.3, -0.25) is 4.90 Å². The van der Waals surface area contributed by atoms with Gasteiger partial charge in [-0.05, 0) is 12.0 Å². The Bertz CT molecular complexity index is 416. The number of aliphatic hydroxyl groups is 1. The van der Waals surface area contributed by atoms with Crippen molar-refractivity contribution >= 4 is 6.09 Å². The summed E-state index contributed by atoms with van der Waals surface area (Å²) in [6, 6.07) is 8.95. The normalized spacial score (nSPS) is 22.6. The lowest BCUT2D eigenvalue weighted by Crippen LogP contribution is -2.42. The number of rotatable bonds is 3. The topological polar surface area (TPSA) is 60.8 Å². The van der Waals surface area contributed by atoms with Gasteiger partial charge in [0.1, 0.15) is 0 Å². The number of benzene rings is 1. The molecule has 17 heavy (non-hydrogen) atoms. The van der Waals surface area contributed by atoms with E-state index in [0.29, 0.717) is 13.0 Å². The van der Waals surface area contributed by atoms with E-state index in [1.807, 2.05) is 36.4 Å². The summed E-state index contributed by atoms with van der Waals surface area (Å²) >= 11 is 0. The molecule has 2 atom stereocenters. The number of carbonyl (C=O) groups is 1. The van der Waals surface area contributed by atoms with Gasteiger partial charge in [0.05, 0.1) is 12.1 Å². The van der Waals surface area contributed by atoms with Crippen molar-refractivity contribution in [1.29, 1.82) is 0 Å². The van der Waals surface area contributed by atoms with Crippen LogP contribution < -0.4 is 0 Å². The van der Waals surface area contributed by atoms with Crippen LogP contribution in [0.3, 0.4) is 0 Å². The first kappa shape index (κ1) is 11.7. The van der Waals surface area contributed by atoms with E-state index in [4.69, 9.17) is 0 Å². The van der Waals surface area contributed by atoms with Crippen LogP contribution in [0, 0.1) is 0 Å². The smallest absolute Gasteiger partial charge is 0.408 e. The SMILES string of the molecule is O=C(O)N(Cc1ccccc1)[C@@H]1C=CC[C@H]1O. The Morgan fingerprint density at radius 1 is 1.35 bits per heavy atom. The van der Waals surface area contributed by atoms with Crippen molar-refractivity contribution in [3.8, 4) is 0 Å². The molecule has 0 aromatic heterocycles. The minimum absolute atomic E-state index is 0.294. The molecule has 1 aliphatic carbocycles. The highest BCUT2D eigenvalue weighted by molar-refractivity contribution is 5.66. The van der Waals surface area contributed by atoms with Crippen molar-refractivity contribution in [2.24, 2.45) is 0 Å². The van der Waals surface area contributed by atoms with Gasteiger partial charge in [-0.1, -0.05) is 42.5 Å². The van der Waals surface area contributed by atoms with Crippen LogP contribution in [0.2, 0.25) is 0 Å². The fraction of sp³-hybridized carbons (Fsp3) is 0.308. The van der Waals surface area contributed by atoms with Crippen LogP contribution >= 0.6 is 0 Å². The van der Waals surface area contributed by atoms with E-state index in [9.17, 15) is 15.0 Å². The Kier molecular flexibility index (Phi) is 3.44. The van der Waals surface area contributed by atoms with Crippen LogP contribution in [0.1, 0.15) is 12.0 Å². The van der Waals surface area contributed by atoms with E-state index in [1.54, 1.807) is 6.08 Å².